The zero-order valence-electron chi connectivity index (χ0n) is 21.5. The summed E-state index contributed by atoms with van der Waals surface area (Å²) in [6.07, 6.45) is 2.16. The maximum Gasteiger partial charge on any atom is 0.280 e. The number of hydrogen-bond donors (Lipinski definition) is 4. The van der Waals surface area contributed by atoms with E-state index in [1.54, 1.807) is 27.7 Å². The summed E-state index contributed by atoms with van der Waals surface area (Å²) in [7, 11) is 0. The summed E-state index contributed by atoms with van der Waals surface area (Å²) >= 11 is 0. The van der Waals surface area contributed by atoms with Gasteiger partial charge in [-0.15, -0.1) is 0 Å². The highest BCUT2D eigenvalue weighted by molar-refractivity contribution is 6.10. The lowest BCUT2D eigenvalue weighted by molar-refractivity contribution is -0.361. The van der Waals surface area contributed by atoms with Crippen molar-refractivity contribution >= 4 is 17.3 Å². The molecule has 0 aromatic carbocycles. The van der Waals surface area contributed by atoms with E-state index in [1.165, 1.54) is 19.1 Å². The summed E-state index contributed by atoms with van der Waals surface area (Å²) in [5.74, 6) is -7.15. The van der Waals surface area contributed by atoms with Gasteiger partial charge in [-0.25, -0.2) is 4.39 Å². The minimum Gasteiger partial charge on any atom is -0.390 e. The summed E-state index contributed by atoms with van der Waals surface area (Å²) in [5, 5.41) is 43.6. The van der Waals surface area contributed by atoms with Crippen molar-refractivity contribution in [1.82, 2.24) is 0 Å². The van der Waals surface area contributed by atoms with Gasteiger partial charge in [0.15, 0.2) is 23.0 Å². The standard InChI is InChI=1S/C27H37FO8/c1-6-14(2)27(34,35)36-13-22(32)26(33)15(3)9-17-18-11-20(30)19-10-16(29)7-8-23(19,4)25(18,28)21(31)12-24(17,26)5/h7-8,10,14-15,17-18,21,31,33-35H,6,9,11-13H2,1-5H3/t14?,15-,17-,18-,21-,23-,24-,25-,26+/m0/s1. The second-order valence-electron chi connectivity index (χ2n) is 11.8. The predicted molar refractivity (Wildman–Crippen MR) is 126 cm³/mol. The van der Waals surface area contributed by atoms with E-state index in [0.29, 0.717) is 6.42 Å². The Bertz CT molecular complexity index is 1050. The van der Waals surface area contributed by atoms with Crippen molar-refractivity contribution in [2.75, 3.05) is 6.61 Å². The first-order chi connectivity index (χ1) is 16.5. The Labute approximate surface area is 210 Å². The van der Waals surface area contributed by atoms with Crippen molar-refractivity contribution in [3.63, 3.8) is 0 Å². The monoisotopic (exact) mass is 508 g/mol. The molecule has 0 saturated heterocycles. The fourth-order valence-electron chi connectivity index (χ4n) is 7.66. The molecule has 1 unspecified atom stereocenters. The Balaban J connectivity index is 1.71. The Morgan fingerprint density at radius 3 is 2.53 bits per heavy atom. The highest BCUT2D eigenvalue weighted by atomic mass is 19.1. The van der Waals surface area contributed by atoms with Gasteiger partial charge in [-0.3, -0.25) is 14.4 Å². The van der Waals surface area contributed by atoms with Gasteiger partial charge in [0.25, 0.3) is 5.97 Å². The molecule has 4 N–H and O–H groups in total. The molecule has 9 atom stereocenters. The van der Waals surface area contributed by atoms with Crippen molar-refractivity contribution < 1.29 is 43.9 Å². The maximum atomic E-state index is 17.2. The predicted octanol–water partition coefficient (Wildman–Crippen LogP) is 1.78. The Hall–Kier alpha value is -1.78. The van der Waals surface area contributed by atoms with Crippen LogP contribution in [0.25, 0.3) is 0 Å². The topological polar surface area (TPSA) is 141 Å². The molecular weight excluding hydrogens is 471 g/mol. The number of hydrogen-bond acceptors (Lipinski definition) is 8. The van der Waals surface area contributed by atoms with Gasteiger partial charge in [0.2, 0.25) is 0 Å². The highest BCUT2D eigenvalue weighted by Crippen LogP contribution is 2.70. The van der Waals surface area contributed by atoms with Gasteiger partial charge in [-0.1, -0.05) is 33.8 Å². The van der Waals surface area contributed by atoms with Crippen LogP contribution in [-0.4, -0.2) is 67.7 Å². The molecule has 0 bridgehead atoms. The zero-order chi connectivity index (χ0) is 27.1. The molecule has 9 heteroatoms. The normalized spacial score (nSPS) is 45.0. The molecule has 0 aliphatic heterocycles. The van der Waals surface area contributed by atoms with E-state index in [-0.39, 0.29) is 30.6 Å². The molecule has 3 saturated carbocycles. The average molecular weight is 509 g/mol. The number of Topliss-reactive ketones (excluding diaryl/α,β-unsaturated/α-hetero) is 2. The van der Waals surface area contributed by atoms with Crippen LogP contribution < -0.4 is 0 Å². The first kappa shape index (κ1) is 27.3. The van der Waals surface area contributed by atoms with E-state index in [0.717, 1.165) is 6.08 Å². The molecule has 0 aromatic rings. The van der Waals surface area contributed by atoms with E-state index in [2.05, 4.69) is 0 Å². The Kier molecular flexibility index (Phi) is 6.33. The first-order valence-corrected chi connectivity index (χ1v) is 12.7. The number of aliphatic hydroxyl groups is 4. The Morgan fingerprint density at radius 1 is 1.28 bits per heavy atom. The van der Waals surface area contributed by atoms with Crippen LogP contribution in [0.5, 0.6) is 0 Å². The number of alkyl halides is 1. The first-order valence-electron chi connectivity index (χ1n) is 12.7. The molecule has 3 fully saturated rings. The lowest BCUT2D eigenvalue weighted by Crippen LogP contribution is -2.70. The fraction of sp³-hybridized carbons (Fsp3) is 0.741. The summed E-state index contributed by atoms with van der Waals surface area (Å²) in [6, 6.07) is 0. The molecule has 8 nitrogen and oxygen atoms in total. The summed E-state index contributed by atoms with van der Waals surface area (Å²) in [4.78, 5) is 38.5. The second kappa shape index (κ2) is 8.36. The second-order valence-corrected chi connectivity index (χ2v) is 11.8. The lowest BCUT2D eigenvalue weighted by Gasteiger charge is -2.62. The van der Waals surface area contributed by atoms with Crippen molar-refractivity contribution in [3.8, 4) is 0 Å². The maximum absolute atomic E-state index is 17.2. The molecule has 36 heavy (non-hydrogen) atoms. The number of rotatable bonds is 6. The van der Waals surface area contributed by atoms with Crippen molar-refractivity contribution in [1.29, 1.82) is 0 Å². The molecule has 4 aliphatic carbocycles. The van der Waals surface area contributed by atoms with Crippen LogP contribution in [0.1, 0.15) is 60.3 Å². The van der Waals surface area contributed by atoms with E-state index in [1.807, 2.05) is 0 Å². The summed E-state index contributed by atoms with van der Waals surface area (Å²) in [6.45, 7) is 7.29. The minimum absolute atomic E-state index is 0.0365. The van der Waals surface area contributed by atoms with Crippen molar-refractivity contribution in [3.05, 3.63) is 23.8 Å². The van der Waals surface area contributed by atoms with Crippen LogP contribution in [0.4, 0.5) is 4.39 Å². The minimum atomic E-state index is -2.57. The van der Waals surface area contributed by atoms with Gasteiger partial charge >= 0.3 is 0 Å². The van der Waals surface area contributed by atoms with Crippen molar-refractivity contribution in [2.24, 2.45) is 34.5 Å². The number of allylic oxidation sites excluding steroid dienone is 4. The number of ketones is 3. The molecule has 200 valence electrons. The van der Waals surface area contributed by atoms with E-state index < -0.39 is 76.0 Å². The van der Waals surface area contributed by atoms with Crippen LogP contribution in [-0.2, 0) is 19.1 Å². The summed E-state index contributed by atoms with van der Waals surface area (Å²) in [5.41, 5.74) is -7.13. The van der Waals surface area contributed by atoms with Gasteiger partial charge in [-0.2, -0.15) is 0 Å². The molecule has 0 radical (unpaired) electrons. The molecule has 0 spiro atoms. The fourth-order valence-corrected chi connectivity index (χ4v) is 7.66. The van der Waals surface area contributed by atoms with Crippen LogP contribution in [0.2, 0.25) is 0 Å². The molecule has 0 heterocycles. The third-order valence-corrected chi connectivity index (χ3v) is 10.2. The molecule has 4 rings (SSSR count). The van der Waals surface area contributed by atoms with E-state index in [4.69, 9.17) is 4.74 Å². The summed E-state index contributed by atoms with van der Waals surface area (Å²) < 4.78 is 22.3. The third kappa shape index (κ3) is 3.32. The van der Waals surface area contributed by atoms with Gasteiger partial charge in [0, 0.05) is 29.2 Å². The number of ether oxygens (including phenoxy) is 1. The van der Waals surface area contributed by atoms with E-state index >= 15 is 4.39 Å². The molecule has 4 aliphatic rings. The Morgan fingerprint density at radius 2 is 1.92 bits per heavy atom. The molecule has 0 amide bonds. The van der Waals surface area contributed by atoms with Gasteiger partial charge in [0.1, 0.15) is 12.2 Å². The smallest absolute Gasteiger partial charge is 0.280 e. The number of fused-ring (bicyclic) bond motifs is 5. The van der Waals surface area contributed by atoms with Crippen LogP contribution >= 0.6 is 0 Å². The largest absolute Gasteiger partial charge is 0.390 e. The SMILES string of the molecule is CCC(C)C(O)(O)OCC(=O)[C@]1(O)[C@@H](C)C[C@H]2[C@@H]3CC(=O)C4=CC(=O)C=C[C@]4(C)[C@@]3(F)[C@@H](O)C[C@@]21C. The quantitative estimate of drug-likeness (QED) is 0.398. The molecular formula is C27H37FO8. The van der Waals surface area contributed by atoms with Crippen LogP contribution in [0.3, 0.4) is 0 Å². The zero-order valence-corrected chi connectivity index (χ0v) is 21.5. The average Bonchev–Trinajstić information content (AvgIpc) is 3.01. The van der Waals surface area contributed by atoms with Crippen molar-refractivity contribution in [2.45, 2.75) is 83.6 Å². The van der Waals surface area contributed by atoms with Crippen LogP contribution in [0, 0.1) is 34.5 Å². The number of halogens is 1. The van der Waals surface area contributed by atoms with E-state index in [9.17, 15) is 34.8 Å². The highest BCUT2D eigenvalue weighted by Gasteiger charge is 2.76. The lowest BCUT2D eigenvalue weighted by atomic mass is 9.44. The number of carbonyl (C=O) groups is 3. The van der Waals surface area contributed by atoms with Gasteiger partial charge in [0.05, 0.1) is 11.5 Å². The number of aliphatic hydroxyl groups excluding tert-OH is 1. The molecule has 0 aromatic heterocycles. The van der Waals surface area contributed by atoms with Crippen LogP contribution in [0.15, 0.2) is 23.8 Å². The van der Waals surface area contributed by atoms with Gasteiger partial charge in [-0.05, 0) is 50.2 Å². The number of carbonyl (C=O) groups excluding carboxylic acids is 3. The third-order valence-electron chi connectivity index (χ3n) is 10.2. The van der Waals surface area contributed by atoms with Gasteiger partial charge < -0.3 is 25.2 Å².